The van der Waals surface area contributed by atoms with Gasteiger partial charge in [-0.05, 0) is 41.1 Å². The molecule has 1 aromatic carbocycles. The number of sulfonamides is 1. The smallest absolute Gasteiger partial charge is 0.242 e. The van der Waals surface area contributed by atoms with Crippen molar-refractivity contribution in [3.05, 3.63) is 22.7 Å². The maximum absolute atomic E-state index is 11.9. The Bertz CT molecular complexity index is 476. The first kappa shape index (κ1) is 13.4. The fourth-order valence-electron chi connectivity index (χ4n) is 1.09. The maximum Gasteiger partial charge on any atom is 0.242 e. The number of hydrogen-bond acceptors (Lipinski definition) is 4. The lowest BCUT2D eigenvalue weighted by Crippen LogP contribution is -2.35. The molecular weight excluding hydrogens is 296 g/mol. The van der Waals surface area contributed by atoms with E-state index >= 15 is 0 Å². The molecule has 0 aliphatic rings. The Labute approximate surface area is 103 Å². The monoisotopic (exact) mass is 308 g/mol. The first-order valence-corrected chi connectivity index (χ1v) is 6.82. The van der Waals surface area contributed by atoms with E-state index in [-0.39, 0.29) is 11.5 Å². The number of aliphatic hydroxyl groups excluding tert-OH is 1. The summed E-state index contributed by atoms with van der Waals surface area (Å²) in [5.74, 6) is 0. The third-order valence-corrected chi connectivity index (χ3v) is 4.46. The zero-order valence-corrected chi connectivity index (χ0v) is 11.0. The van der Waals surface area contributed by atoms with Crippen molar-refractivity contribution in [3.8, 4) is 0 Å². The number of rotatable bonds is 4. The molecule has 1 atom stereocenters. The summed E-state index contributed by atoms with van der Waals surface area (Å²) in [6.45, 7) is 1.30. The van der Waals surface area contributed by atoms with Crippen molar-refractivity contribution in [1.29, 1.82) is 0 Å². The molecule has 0 heterocycles. The van der Waals surface area contributed by atoms with Crippen molar-refractivity contribution in [2.75, 3.05) is 12.3 Å². The third kappa shape index (κ3) is 3.18. The lowest BCUT2D eigenvalue weighted by Gasteiger charge is -2.13. The second kappa shape index (κ2) is 5.13. The van der Waals surface area contributed by atoms with E-state index in [2.05, 4.69) is 20.7 Å². The van der Waals surface area contributed by atoms with Gasteiger partial charge in [0.05, 0.1) is 11.5 Å². The van der Waals surface area contributed by atoms with Crippen LogP contribution in [0.15, 0.2) is 27.6 Å². The second-order valence-corrected chi connectivity index (χ2v) is 5.93. The Morgan fingerprint density at radius 2 is 2.19 bits per heavy atom. The molecule has 90 valence electrons. The molecule has 0 saturated heterocycles. The number of halogens is 1. The summed E-state index contributed by atoms with van der Waals surface area (Å²) in [4.78, 5) is 0.0628. The molecule has 0 fully saturated rings. The summed E-state index contributed by atoms with van der Waals surface area (Å²) in [5.41, 5.74) is 5.89. The molecule has 0 aliphatic heterocycles. The Morgan fingerprint density at radius 3 is 2.75 bits per heavy atom. The van der Waals surface area contributed by atoms with Crippen molar-refractivity contribution in [2.24, 2.45) is 0 Å². The zero-order chi connectivity index (χ0) is 12.3. The van der Waals surface area contributed by atoms with Crippen LogP contribution < -0.4 is 10.5 Å². The molecule has 1 aromatic rings. The van der Waals surface area contributed by atoms with Gasteiger partial charge in [0.1, 0.15) is 0 Å². The van der Waals surface area contributed by atoms with Crippen LogP contribution in [0.2, 0.25) is 0 Å². The molecule has 0 aromatic heterocycles. The second-order valence-electron chi connectivity index (χ2n) is 3.39. The Hall–Kier alpha value is -0.630. The fourth-order valence-corrected chi connectivity index (χ4v) is 3.32. The summed E-state index contributed by atoms with van der Waals surface area (Å²) in [5, 5.41) is 8.81. The van der Waals surface area contributed by atoms with Crippen LogP contribution in [0.5, 0.6) is 0 Å². The predicted octanol–water partition coefficient (Wildman–Crippen LogP) is 0.690. The molecule has 0 bridgehead atoms. The highest BCUT2D eigenvalue weighted by Crippen LogP contribution is 2.24. The molecule has 4 N–H and O–H groups in total. The van der Waals surface area contributed by atoms with Gasteiger partial charge in [-0.25, -0.2) is 13.1 Å². The average molecular weight is 309 g/mol. The van der Waals surface area contributed by atoms with Crippen LogP contribution >= 0.6 is 15.9 Å². The number of benzene rings is 1. The van der Waals surface area contributed by atoms with Gasteiger partial charge in [0, 0.05) is 16.2 Å². The van der Waals surface area contributed by atoms with Gasteiger partial charge in [0.15, 0.2) is 0 Å². The summed E-state index contributed by atoms with van der Waals surface area (Å²) in [6.07, 6.45) is 0. The minimum absolute atomic E-state index is 0.0628. The highest BCUT2D eigenvalue weighted by Gasteiger charge is 2.19. The van der Waals surface area contributed by atoms with Crippen molar-refractivity contribution in [2.45, 2.75) is 17.9 Å². The fraction of sp³-hybridized carbons (Fsp3) is 0.333. The Balaban J connectivity index is 3.12. The summed E-state index contributed by atoms with van der Waals surface area (Å²) in [7, 11) is -3.66. The molecule has 0 amide bonds. The first-order chi connectivity index (χ1) is 7.36. The quantitative estimate of drug-likeness (QED) is 0.714. The lowest BCUT2D eigenvalue weighted by atomic mass is 10.3. The number of nitrogens with one attached hydrogen (secondary N) is 1. The molecule has 0 aliphatic carbocycles. The van der Waals surface area contributed by atoms with Crippen LogP contribution in [0.4, 0.5) is 5.69 Å². The third-order valence-electron chi connectivity index (χ3n) is 1.87. The van der Waals surface area contributed by atoms with Crippen LogP contribution in [0.25, 0.3) is 0 Å². The predicted molar refractivity (Wildman–Crippen MR) is 65.4 cm³/mol. The highest BCUT2D eigenvalue weighted by molar-refractivity contribution is 9.10. The highest BCUT2D eigenvalue weighted by atomic mass is 79.9. The van der Waals surface area contributed by atoms with Crippen molar-refractivity contribution >= 4 is 31.6 Å². The topological polar surface area (TPSA) is 92.4 Å². The Kier molecular flexibility index (Phi) is 4.31. The summed E-state index contributed by atoms with van der Waals surface area (Å²) >= 11 is 3.14. The summed E-state index contributed by atoms with van der Waals surface area (Å²) < 4.78 is 26.5. The molecule has 1 rings (SSSR count). The van der Waals surface area contributed by atoms with Gasteiger partial charge in [0.25, 0.3) is 0 Å². The molecule has 7 heteroatoms. The van der Waals surface area contributed by atoms with Crippen LogP contribution in [0, 0.1) is 0 Å². The average Bonchev–Trinajstić information content (AvgIpc) is 2.20. The molecular formula is C9H13BrN2O3S. The Morgan fingerprint density at radius 1 is 1.56 bits per heavy atom. The normalized spacial score (nSPS) is 13.7. The van der Waals surface area contributed by atoms with Crippen LogP contribution in [-0.4, -0.2) is 26.2 Å². The van der Waals surface area contributed by atoms with E-state index in [4.69, 9.17) is 10.8 Å². The van der Waals surface area contributed by atoms with Crippen molar-refractivity contribution in [3.63, 3.8) is 0 Å². The van der Waals surface area contributed by atoms with Gasteiger partial charge < -0.3 is 10.8 Å². The van der Waals surface area contributed by atoms with E-state index in [1.165, 1.54) is 6.07 Å². The number of hydrogen-bond donors (Lipinski definition) is 3. The SMILES string of the molecule is C[C@H](CO)NS(=O)(=O)c1cc(N)ccc1Br. The van der Waals surface area contributed by atoms with Gasteiger partial charge in [-0.15, -0.1) is 0 Å². The molecule has 0 unspecified atom stereocenters. The van der Waals surface area contributed by atoms with Crippen LogP contribution in [-0.2, 0) is 10.0 Å². The van der Waals surface area contributed by atoms with Crippen LogP contribution in [0.1, 0.15) is 6.92 Å². The largest absolute Gasteiger partial charge is 0.399 e. The van der Waals surface area contributed by atoms with Crippen molar-refractivity contribution in [1.82, 2.24) is 4.72 Å². The maximum atomic E-state index is 11.9. The van der Waals surface area contributed by atoms with E-state index < -0.39 is 16.1 Å². The lowest BCUT2D eigenvalue weighted by molar-refractivity contribution is 0.265. The number of nitrogen functional groups attached to an aromatic ring is 1. The molecule has 5 nitrogen and oxygen atoms in total. The number of nitrogens with two attached hydrogens (primary N) is 1. The van der Waals surface area contributed by atoms with E-state index in [1.807, 2.05) is 0 Å². The van der Waals surface area contributed by atoms with Gasteiger partial charge in [-0.2, -0.15) is 0 Å². The van der Waals surface area contributed by atoms with Gasteiger partial charge >= 0.3 is 0 Å². The summed E-state index contributed by atoms with van der Waals surface area (Å²) in [6, 6.07) is 3.97. The van der Waals surface area contributed by atoms with Gasteiger partial charge in [-0.3, -0.25) is 0 Å². The van der Waals surface area contributed by atoms with E-state index in [9.17, 15) is 8.42 Å². The molecule has 16 heavy (non-hydrogen) atoms. The first-order valence-electron chi connectivity index (χ1n) is 4.55. The van der Waals surface area contributed by atoms with E-state index in [0.29, 0.717) is 10.2 Å². The molecule has 0 radical (unpaired) electrons. The number of aliphatic hydroxyl groups is 1. The van der Waals surface area contributed by atoms with E-state index in [0.717, 1.165) is 0 Å². The molecule has 0 saturated carbocycles. The zero-order valence-electron chi connectivity index (χ0n) is 8.64. The van der Waals surface area contributed by atoms with Gasteiger partial charge in [0.2, 0.25) is 10.0 Å². The minimum atomic E-state index is -3.66. The minimum Gasteiger partial charge on any atom is -0.399 e. The van der Waals surface area contributed by atoms with Gasteiger partial charge in [-0.1, -0.05) is 0 Å². The number of anilines is 1. The van der Waals surface area contributed by atoms with Crippen LogP contribution in [0.3, 0.4) is 0 Å². The van der Waals surface area contributed by atoms with E-state index in [1.54, 1.807) is 19.1 Å². The molecule has 0 spiro atoms. The standard InChI is InChI=1S/C9H13BrN2O3S/c1-6(5-13)12-16(14,15)9-4-7(11)2-3-8(9)10/h2-4,6,12-13H,5,11H2,1H3/t6-/m1/s1. The van der Waals surface area contributed by atoms with Crippen molar-refractivity contribution < 1.29 is 13.5 Å².